The summed E-state index contributed by atoms with van der Waals surface area (Å²) in [5.74, 6) is 0.795. The molecule has 0 bridgehead atoms. The van der Waals surface area contributed by atoms with Crippen LogP contribution in [0.5, 0.6) is 0 Å². The van der Waals surface area contributed by atoms with Gasteiger partial charge in [-0.25, -0.2) is 4.98 Å². The largest absolute Gasteiger partial charge is 0.345 e. The maximum absolute atomic E-state index is 4.56. The lowest BCUT2D eigenvalue weighted by Gasteiger charge is -2.20. The molecule has 0 saturated carbocycles. The minimum Gasteiger partial charge on any atom is -0.345 e. The molecule has 1 aliphatic heterocycles. The number of anilines is 1. The fourth-order valence-electron chi connectivity index (χ4n) is 2.32. The Kier molecular flexibility index (Phi) is 3.50. The first kappa shape index (κ1) is 11.9. The van der Waals surface area contributed by atoms with Crippen LogP contribution in [0.4, 0.5) is 5.13 Å². The lowest BCUT2D eigenvalue weighted by Crippen LogP contribution is -2.26. The summed E-state index contributed by atoms with van der Waals surface area (Å²) in [6.45, 7) is 7.95. The van der Waals surface area contributed by atoms with Crippen molar-refractivity contribution in [2.45, 2.75) is 39.3 Å². The Labute approximate surface area is 102 Å². The van der Waals surface area contributed by atoms with Gasteiger partial charge in [-0.1, -0.05) is 6.92 Å². The molecule has 1 fully saturated rings. The van der Waals surface area contributed by atoms with Gasteiger partial charge >= 0.3 is 0 Å². The van der Waals surface area contributed by atoms with Gasteiger partial charge in [0.2, 0.25) is 0 Å². The van der Waals surface area contributed by atoms with Crippen LogP contribution in [0, 0.1) is 5.92 Å². The minimum absolute atomic E-state index is 0.404. The monoisotopic (exact) mass is 239 g/mol. The molecule has 0 radical (unpaired) electrons. The van der Waals surface area contributed by atoms with Crippen molar-refractivity contribution in [3.05, 3.63) is 11.1 Å². The molecule has 4 heteroatoms. The molecule has 2 rings (SSSR count). The van der Waals surface area contributed by atoms with E-state index in [4.69, 9.17) is 0 Å². The van der Waals surface area contributed by atoms with E-state index >= 15 is 0 Å². The van der Waals surface area contributed by atoms with E-state index in [1.54, 1.807) is 0 Å². The first-order chi connectivity index (χ1) is 7.61. The van der Waals surface area contributed by atoms with Crippen molar-refractivity contribution in [2.75, 3.05) is 18.5 Å². The summed E-state index contributed by atoms with van der Waals surface area (Å²) in [5.41, 5.74) is 0. The smallest absolute Gasteiger partial charge is 0.185 e. The average molecular weight is 239 g/mol. The Morgan fingerprint density at radius 3 is 2.88 bits per heavy atom. The maximum atomic E-state index is 4.56. The second-order valence-corrected chi connectivity index (χ2v) is 5.94. The molecular weight excluding hydrogens is 218 g/mol. The zero-order chi connectivity index (χ0) is 11.7. The van der Waals surface area contributed by atoms with E-state index in [-0.39, 0.29) is 0 Å². The first-order valence-corrected chi connectivity index (χ1v) is 6.83. The Hall–Kier alpha value is -0.610. The van der Waals surface area contributed by atoms with Gasteiger partial charge in [-0.3, -0.25) is 0 Å². The van der Waals surface area contributed by atoms with Gasteiger partial charge in [-0.05, 0) is 33.2 Å². The van der Waals surface area contributed by atoms with Gasteiger partial charge in [0.1, 0.15) is 0 Å². The molecule has 1 N–H and O–H groups in total. The van der Waals surface area contributed by atoms with E-state index < -0.39 is 0 Å². The minimum atomic E-state index is 0.404. The lowest BCUT2D eigenvalue weighted by molar-refractivity contribution is 0.625. The highest BCUT2D eigenvalue weighted by Crippen LogP contribution is 2.33. The Bertz CT molecular complexity index is 350. The molecule has 16 heavy (non-hydrogen) atoms. The van der Waals surface area contributed by atoms with Crippen LogP contribution < -0.4 is 10.2 Å². The highest BCUT2D eigenvalue weighted by atomic mass is 32.1. The van der Waals surface area contributed by atoms with E-state index in [0.717, 1.165) is 12.5 Å². The highest BCUT2D eigenvalue weighted by molar-refractivity contribution is 7.15. The third-order valence-corrected chi connectivity index (χ3v) is 4.62. The van der Waals surface area contributed by atoms with Gasteiger partial charge in [-0.15, -0.1) is 11.3 Å². The van der Waals surface area contributed by atoms with E-state index in [1.165, 1.54) is 16.4 Å². The van der Waals surface area contributed by atoms with Crippen LogP contribution in [0.1, 0.15) is 38.1 Å². The standard InChI is InChI=1S/C12H21N3S/c1-8-5-9(2)15(7-8)12-14-6-11(16-12)10(3)13-4/h6,8-10,13H,5,7H2,1-4H3. The molecule has 3 nitrogen and oxygen atoms in total. The number of hydrogen-bond acceptors (Lipinski definition) is 4. The molecular formula is C12H21N3S. The SMILES string of the molecule is CNC(C)c1cnc(N2CC(C)CC2C)s1. The number of nitrogens with one attached hydrogen (secondary N) is 1. The molecule has 3 unspecified atom stereocenters. The molecule has 1 saturated heterocycles. The molecule has 0 aliphatic carbocycles. The van der Waals surface area contributed by atoms with Gasteiger partial charge in [0, 0.05) is 29.7 Å². The van der Waals surface area contributed by atoms with Crippen LogP contribution in [0.3, 0.4) is 0 Å². The predicted octanol–water partition coefficient (Wildman–Crippen LogP) is 2.66. The van der Waals surface area contributed by atoms with Crippen LogP contribution in [-0.4, -0.2) is 24.6 Å². The van der Waals surface area contributed by atoms with Crippen molar-refractivity contribution in [3.63, 3.8) is 0 Å². The van der Waals surface area contributed by atoms with Crippen LogP contribution in [0.2, 0.25) is 0 Å². The van der Waals surface area contributed by atoms with Gasteiger partial charge in [0.15, 0.2) is 5.13 Å². The van der Waals surface area contributed by atoms with Crippen molar-refractivity contribution in [3.8, 4) is 0 Å². The number of aromatic nitrogens is 1. The number of nitrogens with zero attached hydrogens (tertiary/aromatic N) is 2. The summed E-state index contributed by atoms with van der Waals surface area (Å²) in [7, 11) is 1.99. The van der Waals surface area contributed by atoms with Crippen molar-refractivity contribution in [1.82, 2.24) is 10.3 Å². The van der Waals surface area contributed by atoms with Crippen molar-refractivity contribution in [1.29, 1.82) is 0 Å². The van der Waals surface area contributed by atoms with Gasteiger partial charge in [-0.2, -0.15) is 0 Å². The zero-order valence-corrected chi connectivity index (χ0v) is 11.3. The van der Waals surface area contributed by atoms with Crippen LogP contribution in [0.25, 0.3) is 0 Å². The Morgan fingerprint density at radius 2 is 2.31 bits per heavy atom. The molecule has 1 aromatic heterocycles. The summed E-state index contributed by atoms with van der Waals surface area (Å²) in [6.07, 6.45) is 3.30. The van der Waals surface area contributed by atoms with Crippen LogP contribution >= 0.6 is 11.3 Å². The second-order valence-electron chi connectivity index (χ2n) is 4.90. The molecule has 0 spiro atoms. The predicted molar refractivity (Wildman–Crippen MR) is 70.2 cm³/mol. The van der Waals surface area contributed by atoms with Crippen LogP contribution in [0.15, 0.2) is 6.20 Å². The Morgan fingerprint density at radius 1 is 1.56 bits per heavy atom. The average Bonchev–Trinajstić information content (AvgIpc) is 2.83. The third-order valence-electron chi connectivity index (χ3n) is 3.40. The second kappa shape index (κ2) is 4.72. The van der Waals surface area contributed by atoms with E-state index in [1.807, 2.05) is 24.6 Å². The molecule has 0 aromatic carbocycles. The number of hydrogen-bond donors (Lipinski definition) is 1. The van der Waals surface area contributed by atoms with E-state index in [2.05, 4.69) is 36.0 Å². The fraction of sp³-hybridized carbons (Fsp3) is 0.750. The fourth-order valence-corrected chi connectivity index (χ4v) is 3.41. The van der Waals surface area contributed by atoms with Crippen molar-refractivity contribution < 1.29 is 0 Å². The van der Waals surface area contributed by atoms with Gasteiger partial charge in [0.05, 0.1) is 0 Å². The first-order valence-electron chi connectivity index (χ1n) is 6.01. The number of rotatable bonds is 3. The van der Waals surface area contributed by atoms with Gasteiger partial charge in [0.25, 0.3) is 0 Å². The molecule has 3 atom stereocenters. The molecule has 0 amide bonds. The highest BCUT2D eigenvalue weighted by Gasteiger charge is 2.28. The molecule has 2 heterocycles. The Balaban J connectivity index is 2.13. The van der Waals surface area contributed by atoms with Crippen LogP contribution in [-0.2, 0) is 0 Å². The topological polar surface area (TPSA) is 28.2 Å². The van der Waals surface area contributed by atoms with Crippen molar-refractivity contribution in [2.24, 2.45) is 5.92 Å². The maximum Gasteiger partial charge on any atom is 0.185 e. The molecule has 1 aliphatic rings. The van der Waals surface area contributed by atoms with E-state index in [9.17, 15) is 0 Å². The summed E-state index contributed by atoms with van der Waals surface area (Å²) in [5, 5.41) is 4.45. The third kappa shape index (κ3) is 2.23. The summed E-state index contributed by atoms with van der Waals surface area (Å²) >= 11 is 1.82. The normalized spacial score (nSPS) is 27.4. The summed E-state index contributed by atoms with van der Waals surface area (Å²) in [4.78, 5) is 8.33. The quantitative estimate of drug-likeness (QED) is 0.879. The number of thiazole rings is 1. The van der Waals surface area contributed by atoms with Crippen molar-refractivity contribution >= 4 is 16.5 Å². The molecule has 90 valence electrons. The summed E-state index contributed by atoms with van der Waals surface area (Å²) in [6, 6.07) is 1.04. The zero-order valence-electron chi connectivity index (χ0n) is 10.5. The molecule has 1 aromatic rings. The lowest BCUT2D eigenvalue weighted by atomic mass is 10.1. The van der Waals surface area contributed by atoms with Gasteiger partial charge < -0.3 is 10.2 Å². The summed E-state index contributed by atoms with van der Waals surface area (Å²) < 4.78 is 0. The van der Waals surface area contributed by atoms with E-state index in [0.29, 0.717) is 12.1 Å².